The van der Waals surface area contributed by atoms with Crippen LogP contribution in [0.3, 0.4) is 0 Å². The van der Waals surface area contributed by atoms with Crippen LogP contribution in [0.15, 0.2) is 36.5 Å². The molecule has 0 amide bonds. The normalized spacial score (nSPS) is 11.0. The molecule has 0 aliphatic carbocycles. The van der Waals surface area contributed by atoms with Crippen molar-refractivity contribution in [2.24, 2.45) is 0 Å². The molecular weight excluding hydrogens is 395 g/mol. The molecule has 0 unspecified atom stereocenters. The summed E-state index contributed by atoms with van der Waals surface area (Å²) >= 11 is 0. The molecule has 160 valence electrons. The van der Waals surface area contributed by atoms with E-state index in [1.54, 1.807) is 19.4 Å². The van der Waals surface area contributed by atoms with E-state index in [1.165, 1.54) is 6.07 Å². The van der Waals surface area contributed by atoms with Crippen LogP contribution in [0.2, 0.25) is 0 Å². The maximum absolute atomic E-state index is 14.2. The molecule has 8 heteroatoms. The number of aromatic amines is 1. The van der Waals surface area contributed by atoms with Crippen LogP contribution in [0, 0.1) is 26.6 Å². The number of nitrogens with one attached hydrogen (secondary N) is 3. The first-order valence-electron chi connectivity index (χ1n) is 10.1. The molecule has 1 aromatic carbocycles. The number of aryl methyl sites for hydroxylation is 3. The number of benzene rings is 1. The summed E-state index contributed by atoms with van der Waals surface area (Å²) in [5, 5.41) is 7.56. The molecule has 31 heavy (non-hydrogen) atoms. The smallest absolute Gasteiger partial charge is 0.213 e. The van der Waals surface area contributed by atoms with Crippen molar-refractivity contribution in [3.8, 4) is 5.88 Å². The van der Waals surface area contributed by atoms with Gasteiger partial charge in [0.25, 0.3) is 0 Å². The lowest BCUT2D eigenvalue weighted by Gasteiger charge is -2.11. The highest BCUT2D eigenvalue weighted by Crippen LogP contribution is 2.28. The van der Waals surface area contributed by atoms with Gasteiger partial charge in [-0.1, -0.05) is 6.07 Å². The Kier molecular flexibility index (Phi) is 5.70. The fourth-order valence-corrected chi connectivity index (χ4v) is 3.72. The molecule has 0 radical (unpaired) electrons. The Morgan fingerprint density at radius 2 is 1.87 bits per heavy atom. The molecule has 3 heterocycles. The third-order valence-electron chi connectivity index (χ3n) is 5.17. The Labute approximate surface area is 180 Å². The van der Waals surface area contributed by atoms with Crippen molar-refractivity contribution >= 4 is 28.2 Å². The van der Waals surface area contributed by atoms with Gasteiger partial charge in [0.2, 0.25) is 5.88 Å². The van der Waals surface area contributed by atoms with Gasteiger partial charge < -0.3 is 20.4 Å². The van der Waals surface area contributed by atoms with Gasteiger partial charge in [-0.05, 0) is 50.5 Å². The molecule has 0 bridgehead atoms. The van der Waals surface area contributed by atoms with Gasteiger partial charge in [0.15, 0.2) is 0 Å². The molecule has 7 nitrogen and oxygen atoms in total. The van der Waals surface area contributed by atoms with Crippen molar-refractivity contribution < 1.29 is 9.13 Å². The first-order chi connectivity index (χ1) is 14.9. The second kappa shape index (κ2) is 8.59. The van der Waals surface area contributed by atoms with Crippen LogP contribution in [0.25, 0.3) is 10.9 Å². The number of fused-ring (bicyclic) bond motifs is 1. The minimum Gasteiger partial charge on any atom is -0.481 e. The quantitative estimate of drug-likeness (QED) is 0.397. The molecule has 0 fully saturated rings. The second-order valence-electron chi connectivity index (χ2n) is 7.42. The monoisotopic (exact) mass is 420 g/mol. The molecule has 4 aromatic rings. The number of methoxy groups -OCH3 is 1. The summed E-state index contributed by atoms with van der Waals surface area (Å²) in [4.78, 5) is 16.3. The van der Waals surface area contributed by atoms with Gasteiger partial charge in [0, 0.05) is 29.8 Å². The number of halogens is 1. The summed E-state index contributed by atoms with van der Waals surface area (Å²) in [7, 11) is 1.58. The number of nitrogens with zero attached hydrogens (tertiary/aromatic N) is 3. The molecule has 0 saturated carbocycles. The predicted molar refractivity (Wildman–Crippen MR) is 121 cm³/mol. The van der Waals surface area contributed by atoms with Gasteiger partial charge >= 0.3 is 0 Å². The van der Waals surface area contributed by atoms with E-state index in [0.29, 0.717) is 29.6 Å². The Morgan fingerprint density at radius 3 is 2.61 bits per heavy atom. The number of aromatic nitrogens is 4. The maximum atomic E-state index is 14.2. The molecule has 0 spiro atoms. The average molecular weight is 420 g/mol. The highest BCUT2D eigenvalue weighted by atomic mass is 19.1. The number of H-pyrrole nitrogens is 1. The van der Waals surface area contributed by atoms with E-state index in [9.17, 15) is 4.39 Å². The van der Waals surface area contributed by atoms with E-state index in [1.807, 2.05) is 39.0 Å². The summed E-state index contributed by atoms with van der Waals surface area (Å²) < 4.78 is 19.3. The van der Waals surface area contributed by atoms with Crippen molar-refractivity contribution in [2.75, 3.05) is 24.3 Å². The summed E-state index contributed by atoms with van der Waals surface area (Å²) in [6.07, 6.45) is 2.43. The fourth-order valence-electron chi connectivity index (χ4n) is 3.72. The standard InChI is InChI=1S/C23H25FN6O/c1-13-5-7-18(24)23-22(13)17(14(2)27-23)9-10-25-19-11-20(29-15(3)28-19)30-16-6-8-21(31-4)26-12-16/h5-8,11-12,27H,9-10H2,1-4H3,(H2,25,28,29,30). The predicted octanol–water partition coefficient (Wildman–Crippen LogP) is 4.82. The Bertz CT molecular complexity index is 1220. The molecular formula is C23H25FN6O. The van der Waals surface area contributed by atoms with E-state index >= 15 is 0 Å². The van der Waals surface area contributed by atoms with Crippen LogP contribution < -0.4 is 15.4 Å². The highest BCUT2D eigenvalue weighted by molar-refractivity contribution is 5.88. The number of pyridine rings is 1. The van der Waals surface area contributed by atoms with Crippen molar-refractivity contribution in [2.45, 2.75) is 27.2 Å². The molecule has 3 aromatic heterocycles. The van der Waals surface area contributed by atoms with Crippen molar-refractivity contribution in [1.29, 1.82) is 0 Å². The van der Waals surface area contributed by atoms with Gasteiger partial charge in [-0.3, -0.25) is 0 Å². The number of hydrogen-bond donors (Lipinski definition) is 3. The Balaban J connectivity index is 1.47. The molecule has 0 aliphatic heterocycles. The lowest BCUT2D eigenvalue weighted by molar-refractivity contribution is 0.398. The molecule has 0 aliphatic rings. The van der Waals surface area contributed by atoms with Gasteiger partial charge in [0.05, 0.1) is 24.5 Å². The number of anilines is 3. The Morgan fingerprint density at radius 1 is 1.06 bits per heavy atom. The van der Waals surface area contributed by atoms with E-state index in [-0.39, 0.29) is 5.82 Å². The van der Waals surface area contributed by atoms with Gasteiger partial charge in [-0.15, -0.1) is 0 Å². The lowest BCUT2D eigenvalue weighted by Crippen LogP contribution is -2.09. The zero-order valence-electron chi connectivity index (χ0n) is 18.0. The minimum absolute atomic E-state index is 0.224. The SMILES string of the molecule is COc1ccc(Nc2cc(NCCc3c(C)[nH]c4c(F)ccc(C)c34)nc(C)n2)cn1. The van der Waals surface area contributed by atoms with Gasteiger partial charge in [-0.25, -0.2) is 19.3 Å². The average Bonchev–Trinajstić information content (AvgIpc) is 3.08. The van der Waals surface area contributed by atoms with Crippen molar-refractivity contribution in [1.82, 2.24) is 19.9 Å². The van der Waals surface area contributed by atoms with Crippen LogP contribution in [0.4, 0.5) is 21.7 Å². The number of hydrogen-bond acceptors (Lipinski definition) is 6. The summed E-state index contributed by atoms with van der Waals surface area (Å²) in [5.74, 6) is 2.36. The number of rotatable bonds is 7. The van der Waals surface area contributed by atoms with Crippen LogP contribution in [-0.2, 0) is 6.42 Å². The van der Waals surface area contributed by atoms with E-state index in [2.05, 4.69) is 30.6 Å². The van der Waals surface area contributed by atoms with E-state index < -0.39 is 0 Å². The zero-order valence-corrected chi connectivity index (χ0v) is 18.0. The first-order valence-corrected chi connectivity index (χ1v) is 10.1. The fraction of sp³-hybridized carbons (Fsp3) is 0.261. The number of ether oxygens (including phenoxy) is 1. The summed E-state index contributed by atoms with van der Waals surface area (Å²) in [6.45, 7) is 6.49. The van der Waals surface area contributed by atoms with Crippen LogP contribution in [0.1, 0.15) is 22.6 Å². The Hall–Kier alpha value is -3.68. The molecule has 4 rings (SSSR count). The minimum atomic E-state index is -0.224. The molecule has 0 atom stereocenters. The van der Waals surface area contributed by atoms with Crippen LogP contribution in [-0.4, -0.2) is 33.6 Å². The maximum Gasteiger partial charge on any atom is 0.213 e. The first kappa shape index (κ1) is 20.6. The highest BCUT2D eigenvalue weighted by Gasteiger charge is 2.14. The third kappa shape index (κ3) is 4.42. The summed E-state index contributed by atoms with van der Waals surface area (Å²) in [6, 6.07) is 8.83. The largest absolute Gasteiger partial charge is 0.481 e. The van der Waals surface area contributed by atoms with Crippen molar-refractivity contribution in [3.05, 3.63) is 65.0 Å². The van der Waals surface area contributed by atoms with Gasteiger partial charge in [0.1, 0.15) is 23.3 Å². The van der Waals surface area contributed by atoms with Crippen LogP contribution >= 0.6 is 0 Å². The molecule has 3 N–H and O–H groups in total. The third-order valence-corrected chi connectivity index (χ3v) is 5.17. The molecule has 0 saturated heterocycles. The van der Waals surface area contributed by atoms with Crippen LogP contribution in [0.5, 0.6) is 5.88 Å². The van der Waals surface area contributed by atoms with E-state index in [4.69, 9.17) is 4.74 Å². The van der Waals surface area contributed by atoms with E-state index in [0.717, 1.165) is 40.1 Å². The zero-order chi connectivity index (χ0) is 22.0. The topological polar surface area (TPSA) is 87.8 Å². The van der Waals surface area contributed by atoms with Crippen molar-refractivity contribution in [3.63, 3.8) is 0 Å². The lowest BCUT2D eigenvalue weighted by atomic mass is 10.0. The summed E-state index contributed by atoms with van der Waals surface area (Å²) in [5.41, 5.74) is 4.54. The van der Waals surface area contributed by atoms with Gasteiger partial charge in [-0.2, -0.15) is 0 Å². The second-order valence-corrected chi connectivity index (χ2v) is 7.42.